The standard InChI is InChI=1S/C32H68N2O2/c1-4-6-8-10-12-14-16-18-20-22-28-35-30-25-32(34(3)27-24-26-33)31-36-29-23-21-19-17-15-13-11-9-7-5-2/h32H,4-31,33H2,1-3H3. The van der Waals surface area contributed by atoms with Crippen molar-refractivity contribution in [3.8, 4) is 0 Å². The van der Waals surface area contributed by atoms with Crippen molar-refractivity contribution in [1.29, 1.82) is 0 Å². The molecule has 0 aromatic carbocycles. The summed E-state index contributed by atoms with van der Waals surface area (Å²) in [6.45, 7) is 9.85. The van der Waals surface area contributed by atoms with E-state index in [1.165, 1.54) is 128 Å². The summed E-state index contributed by atoms with van der Waals surface area (Å²) in [5, 5.41) is 0. The number of likely N-dealkylation sites (N-methyl/N-ethyl adjacent to an activating group) is 1. The summed E-state index contributed by atoms with van der Waals surface area (Å²) >= 11 is 0. The molecule has 1 atom stereocenters. The van der Waals surface area contributed by atoms with Gasteiger partial charge in [0.05, 0.1) is 6.61 Å². The lowest BCUT2D eigenvalue weighted by Crippen LogP contribution is -2.38. The largest absolute Gasteiger partial charge is 0.381 e. The molecule has 0 spiro atoms. The summed E-state index contributed by atoms with van der Waals surface area (Å²) in [4.78, 5) is 2.43. The van der Waals surface area contributed by atoms with Crippen molar-refractivity contribution in [2.24, 2.45) is 5.73 Å². The van der Waals surface area contributed by atoms with Crippen molar-refractivity contribution in [2.45, 2.75) is 161 Å². The van der Waals surface area contributed by atoms with Crippen molar-refractivity contribution in [3.05, 3.63) is 0 Å². The summed E-state index contributed by atoms with van der Waals surface area (Å²) in [7, 11) is 2.21. The zero-order valence-corrected chi connectivity index (χ0v) is 25.2. The fourth-order valence-corrected chi connectivity index (χ4v) is 4.88. The molecule has 0 radical (unpaired) electrons. The third-order valence-electron chi connectivity index (χ3n) is 7.53. The van der Waals surface area contributed by atoms with Crippen LogP contribution in [0.25, 0.3) is 0 Å². The van der Waals surface area contributed by atoms with Gasteiger partial charge in [0.1, 0.15) is 0 Å². The van der Waals surface area contributed by atoms with Crippen LogP contribution in [-0.2, 0) is 9.47 Å². The average Bonchev–Trinajstić information content (AvgIpc) is 2.89. The molecule has 4 heteroatoms. The summed E-state index contributed by atoms with van der Waals surface area (Å²) in [5.41, 5.74) is 5.74. The third-order valence-corrected chi connectivity index (χ3v) is 7.53. The molecular formula is C32H68N2O2. The highest BCUT2D eigenvalue weighted by atomic mass is 16.5. The Balaban J connectivity index is 3.72. The monoisotopic (exact) mass is 513 g/mol. The third kappa shape index (κ3) is 26.9. The number of nitrogens with two attached hydrogens (primary N) is 1. The summed E-state index contributed by atoms with van der Waals surface area (Å²) in [6, 6.07) is 0.437. The van der Waals surface area contributed by atoms with Gasteiger partial charge in [0.25, 0.3) is 0 Å². The van der Waals surface area contributed by atoms with E-state index in [9.17, 15) is 0 Å². The van der Waals surface area contributed by atoms with Gasteiger partial charge in [0.15, 0.2) is 0 Å². The van der Waals surface area contributed by atoms with Crippen LogP contribution in [0.5, 0.6) is 0 Å². The van der Waals surface area contributed by atoms with Crippen molar-refractivity contribution >= 4 is 0 Å². The highest BCUT2D eigenvalue weighted by Gasteiger charge is 2.14. The van der Waals surface area contributed by atoms with Gasteiger partial charge < -0.3 is 20.1 Å². The van der Waals surface area contributed by atoms with Gasteiger partial charge in [-0.15, -0.1) is 0 Å². The molecule has 0 heterocycles. The van der Waals surface area contributed by atoms with Crippen molar-refractivity contribution in [2.75, 3.05) is 46.6 Å². The van der Waals surface area contributed by atoms with Crippen molar-refractivity contribution in [3.63, 3.8) is 0 Å². The number of unbranched alkanes of at least 4 members (excludes halogenated alkanes) is 18. The van der Waals surface area contributed by atoms with Crippen LogP contribution in [0.4, 0.5) is 0 Å². The van der Waals surface area contributed by atoms with Crippen LogP contribution in [0.2, 0.25) is 0 Å². The molecule has 0 aromatic rings. The number of rotatable bonds is 31. The van der Waals surface area contributed by atoms with E-state index in [1.54, 1.807) is 0 Å². The van der Waals surface area contributed by atoms with Crippen molar-refractivity contribution < 1.29 is 9.47 Å². The molecule has 0 amide bonds. The maximum absolute atomic E-state index is 6.10. The Labute approximate surface area is 227 Å². The van der Waals surface area contributed by atoms with E-state index < -0.39 is 0 Å². The molecule has 0 aliphatic carbocycles. The molecule has 36 heavy (non-hydrogen) atoms. The predicted molar refractivity (Wildman–Crippen MR) is 160 cm³/mol. The highest BCUT2D eigenvalue weighted by Crippen LogP contribution is 2.12. The first kappa shape index (κ1) is 35.8. The predicted octanol–water partition coefficient (Wildman–Crippen LogP) is 8.90. The number of ether oxygens (including phenoxy) is 2. The lowest BCUT2D eigenvalue weighted by molar-refractivity contribution is 0.0424. The van der Waals surface area contributed by atoms with Gasteiger partial charge >= 0.3 is 0 Å². The first-order valence-corrected chi connectivity index (χ1v) is 16.3. The molecule has 0 fully saturated rings. The van der Waals surface area contributed by atoms with E-state index in [2.05, 4.69) is 25.8 Å². The minimum Gasteiger partial charge on any atom is -0.381 e. The molecule has 1 unspecified atom stereocenters. The number of nitrogens with zero attached hydrogens (tertiary/aromatic N) is 1. The summed E-state index contributed by atoms with van der Waals surface area (Å²) in [6.07, 6.45) is 29.6. The second-order valence-corrected chi connectivity index (χ2v) is 11.1. The zero-order valence-electron chi connectivity index (χ0n) is 25.2. The molecule has 0 saturated carbocycles. The average molecular weight is 513 g/mol. The summed E-state index contributed by atoms with van der Waals surface area (Å²) in [5.74, 6) is 0. The van der Waals surface area contributed by atoms with E-state index in [4.69, 9.17) is 15.2 Å². The van der Waals surface area contributed by atoms with E-state index in [0.717, 1.165) is 52.4 Å². The normalized spacial score (nSPS) is 12.6. The SMILES string of the molecule is CCCCCCCCCCCCOCCC(COCCCCCCCCCCCC)N(C)CCCN. The first-order valence-electron chi connectivity index (χ1n) is 16.3. The minimum atomic E-state index is 0.437. The Morgan fingerprint density at radius 3 is 1.39 bits per heavy atom. The smallest absolute Gasteiger partial charge is 0.0622 e. The maximum Gasteiger partial charge on any atom is 0.0622 e. The molecule has 0 aliphatic heterocycles. The Morgan fingerprint density at radius 2 is 0.944 bits per heavy atom. The molecule has 0 saturated heterocycles. The van der Waals surface area contributed by atoms with Crippen LogP contribution in [0.3, 0.4) is 0 Å². The van der Waals surface area contributed by atoms with Crippen LogP contribution in [0.1, 0.15) is 155 Å². The fraction of sp³-hybridized carbons (Fsp3) is 1.00. The number of hydrogen-bond acceptors (Lipinski definition) is 4. The lowest BCUT2D eigenvalue weighted by Gasteiger charge is -2.28. The van der Waals surface area contributed by atoms with Gasteiger partial charge in [-0.25, -0.2) is 0 Å². The van der Waals surface area contributed by atoms with Gasteiger partial charge in [0, 0.05) is 25.9 Å². The highest BCUT2D eigenvalue weighted by molar-refractivity contribution is 4.69. The zero-order chi connectivity index (χ0) is 26.4. The summed E-state index contributed by atoms with van der Waals surface area (Å²) < 4.78 is 12.1. The van der Waals surface area contributed by atoms with Crippen LogP contribution < -0.4 is 5.73 Å². The first-order chi connectivity index (χ1) is 17.8. The molecule has 2 N–H and O–H groups in total. The molecule has 0 bridgehead atoms. The van der Waals surface area contributed by atoms with Crippen LogP contribution in [0.15, 0.2) is 0 Å². The van der Waals surface area contributed by atoms with Gasteiger partial charge in [0.2, 0.25) is 0 Å². The molecule has 0 rings (SSSR count). The lowest BCUT2D eigenvalue weighted by atomic mass is 10.1. The Morgan fingerprint density at radius 1 is 0.528 bits per heavy atom. The second-order valence-electron chi connectivity index (χ2n) is 11.1. The molecule has 0 aromatic heterocycles. The van der Waals surface area contributed by atoms with Crippen LogP contribution in [-0.4, -0.2) is 57.5 Å². The quantitative estimate of drug-likeness (QED) is 0.0942. The maximum atomic E-state index is 6.10. The minimum absolute atomic E-state index is 0.437. The van der Waals surface area contributed by atoms with E-state index in [1.807, 2.05) is 0 Å². The molecule has 218 valence electrons. The van der Waals surface area contributed by atoms with Crippen LogP contribution >= 0.6 is 0 Å². The van der Waals surface area contributed by atoms with Gasteiger partial charge in [-0.1, -0.05) is 129 Å². The van der Waals surface area contributed by atoms with Crippen molar-refractivity contribution in [1.82, 2.24) is 4.90 Å². The van der Waals surface area contributed by atoms with Crippen LogP contribution in [0, 0.1) is 0 Å². The molecule has 4 nitrogen and oxygen atoms in total. The van der Waals surface area contributed by atoms with Gasteiger partial charge in [-0.05, 0) is 45.8 Å². The van der Waals surface area contributed by atoms with E-state index in [-0.39, 0.29) is 0 Å². The topological polar surface area (TPSA) is 47.7 Å². The second kappa shape index (κ2) is 31.1. The molecular weight excluding hydrogens is 444 g/mol. The van der Waals surface area contributed by atoms with E-state index >= 15 is 0 Å². The number of hydrogen-bond donors (Lipinski definition) is 1. The Kier molecular flexibility index (Phi) is 30.9. The fourth-order valence-electron chi connectivity index (χ4n) is 4.88. The van der Waals surface area contributed by atoms with Gasteiger partial charge in [-0.2, -0.15) is 0 Å². The van der Waals surface area contributed by atoms with Gasteiger partial charge in [-0.3, -0.25) is 0 Å². The Hall–Kier alpha value is -0.160. The van der Waals surface area contributed by atoms with E-state index in [0.29, 0.717) is 6.04 Å². The molecule has 0 aliphatic rings. The Bertz CT molecular complexity index is 394.